The molecule has 0 heterocycles. The third-order valence-corrected chi connectivity index (χ3v) is 4.65. The van der Waals surface area contributed by atoms with Crippen molar-refractivity contribution in [3.63, 3.8) is 0 Å². The van der Waals surface area contributed by atoms with E-state index in [1.54, 1.807) is 7.05 Å². The highest BCUT2D eigenvalue weighted by Gasteiger charge is 2.21. The first-order chi connectivity index (χ1) is 11.8. The van der Waals surface area contributed by atoms with E-state index in [-0.39, 0.29) is 10.5 Å². The second-order valence-electron chi connectivity index (χ2n) is 5.54. The lowest BCUT2D eigenvalue weighted by molar-refractivity contribution is 0.0696. The van der Waals surface area contributed by atoms with Crippen LogP contribution in [-0.4, -0.2) is 39.6 Å². The van der Waals surface area contributed by atoms with Crippen molar-refractivity contribution in [1.29, 1.82) is 0 Å². The van der Waals surface area contributed by atoms with Gasteiger partial charge in [0.15, 0.2) is 0 Å². The quantitative estimate of drug-likeness (QED) is 0.524. The summed E-state index contributed by atoms with van der Waals surface area (Å²) in [6.07, 6.45) is 0.314. The van der Waals surface area contributed by atoms with E-state index in [4.69, 9.17) is 5.14 Å². The number of carbonyl (C=O) groups is 1. The van der Waals surface area contributed by atoms with E-state index in [2.05, 4.69) is 10.6 Å². The second kappa shape index (κ2) is 8.11. The highest BCUT2D eigenvalue weighted by atomic mass is 32.2. The Labute approximate surface area is 146 Å². The van der Waals surface area contributed by atoms with Gasteiger partial charge in [-0.15, -0.1) is 0 Å². The zero-order chi connectivity index (χ0) is 18.4. The molecule has 134 valence electrons. The van der Waals surface area contributed by atoms with Crippen LogP contribution in [0.25, 0.3) is 0 Å². The van der Waals surface area contributed by atoms with E-state index in [1.807, 2.05) is 30.3 Å². The molecule has 0 amide bonds. The number of sulfonamides is 1. The van der Waals surface area contributed by atoms with E-state index < -0.39 is 16.0 Å². The lowest BCUT2D eigenvalue weighted by Gasteiger charge is -2.17. The van der Waals surface area contributed by atoms with E-state index >= 15 is 0 Å². The molecule has 2 aromatic rings. The molecule has 5 N–H and O–H groups in total. The van der Waals surface area contributed by atoms with Crippen LogP contribution in [0, 0.1) is 0 Å². The molecule has 2 rings (SSSR count). The fourth-order valence-electron chi connectivity index (χ4n) is 2.48. The number of primary sulfonamides is 1. The Hall–Kier alpha value is -2.42. The molecule has 0 saturated carbocycles. The van der Waals surface area contributed by atoms with Crippen LogP contribution in [0.3, 0.4) is 0 Å². The Kier molecular flexibility index (Phi) is 6.13. The Balaban J connectivity index is 2.59. The van der Waals surface area contributed by atoms with Crippen molar-refractivity contribution in [2.75, 3.05) is 25.5 Å². The van der Waals surface area contributed by atoms with Crippen molar-refractivity contribution in [2.45, 2.75) is 11.3 Å². The van der Waals surface area contributed by atoms with Crippen LogP contribution >= 0.6 is 0 Å². The Morgan fingerprint density at radius 2 is 1.84 bits per heavy atom. The molecule has 0 unspecified atom stereocenters. The monoisotopic (exact) mass is 363 g/mol. The average Bonchev–Trinajstić information content (AvgIpc) is 2.56. The molecule has 0 spiro atoms. The van der Waals surface area contributed by atoms with Crippen molar-refractivity contribution in [1.82, 2.24) is 5.32 Å². The number of nitrogens with two attached hydrogens (primary N) is 1. The summed E-state index contributed by atoms with van der Waals surface area (Å²) in [5, 5.41) is 20.7. The Bertz CT molecular complexity index is 852. The molecule has 0 aliphatic rings. The summed E-state index contributed by atoms with van der Waals surface area (Å²) in [7, 11) is -2.29. The van der Waals surface area contributed by atoms with Crippen LogP contribution in [0.2, 0.25) is 0 Å². The smallest absolute Gasteiger partial charge is 0.335 e. The number of aromatic carboxylic acids is 1. The molecule has 8 heteroatoms. The highest BCUT2D eigenvalue weighted by Crippen LogP contribution is 2.28. The van der Waals surface area contributed by atoms with Crippen molar-refractivity contribution in [3.05, 3.63) is 59.2 Å². The summed E-state index contributed by atoms with van der Waals surface area (Å²) in [6.45, 7) is 1.14. The van der Waals surface area contributed by atoms with Crippen LogP contribution in [0.5, 0.6) is 0 Å². The van der Waals surface area contributed by atoms with Gasteiger partial charge >= 0.3 is 5.97 Å². The predicted molar refractivity (Wildman–Crippen MR) is 96.4 cm³/mol. The molecule has 0 aliphatic heterocycles. The summed E-state index contributed by atoms with van der Waals surface area (Å²) in [5.41, 5.74) is 1.66. The van der Waals surface area contributed by atoms with Gasteiger partial charge in [0.25, 0.3) is 0 Å². The van der Waals surface area contributed by atoms with Crippen LogP contribution in [0.1, 0.15) is 21.5 Å². The molecule has 0 bridgehead atoms. The van der Waals surface area contributed by atoms with Gasteiger partial charge in [-0.3, -0.25) is 0 Å². The highest BCUT2D eigenvalue weighted by molar-refractivity contribution is 7.89. The van der Waals surface area contributed by atoms with E-state index in [1.165, 1.54) is 6.07 Å². The molecule has 0 radical (unpaired) electrons. The summed E-state index contributed by atoms with van der Waals surface area (Å²) in [4.78, 5) is 11.2. The van der Waals surface area contributed by atoms with Gasteiger partial charge in [0.05, 0.1) is 10.5 Å². The van der Waals surface area contributed by atoms with Gasteiger partial charge in [0.1, 0.15) is 0 Å². The molecule has 0 aliphatic carbocycles. The molecule has 7 nitrogen and oxygen atoms in total. The zero-order valence-corrected chi connectivity index (χ0v) is 14.6. The minimum Gasteiger partial charge on any atom is -0.478 e. The normalized spacial score (nSPS) is 11.3. The third-order valence-electron chi connectivity index (χ3n) is 3.68. The maximum atomic E-state index is 12.0. The number of likely N-dealkylation sites (N-methyl/N-ethyl adjacent to an activating group) is 1. The SMILES string of the molecule is CNCCNc1cc(C(=O)O)cc(S(N)(=O)=O)c1Cc1ccccc1. The largest absolute Gasteiger partial charge is 0.478 e. The number of hydrogen-bond acceptors (Lipinski definition) is 5. The molecule has 0 aromatic heterocycles. The number of rotatable bonds is 8. The molecular formula is C17H21N3O4S. The van der Waals surface area contributed by atoms with Gasteiger partial charge in [-0.25, -0.2) is 18.4 Å². The standard InChI is InChI=1S/C17H21N3O4S/c1-19-7-8-20-15-10-13(17(21)22)11-16(25(18,23)24)14(15)9-12-5-3-2-4-6-12/h2-6,10-11,19-20H,7-9H2,1H3,(H,21,22)(H2,18,23,24). The lowest BCUT2D eigenvalue weighted by atomic mass is 10.0. The molecule has 0 saturated heterocycles. The lowest BCUT2D eigenvalue weighted by Crippen LogP contribution is -2.21. The number of carboxylic acid groups (broad SMARTS) is 1. The molecular weight excluding hydrogens is 342 g/mol. The van der Waals surface area contributed by atoms with Crippen molar-refractivity contribution in [3.8, 4) is 0 Å². The predicted octanol–water partition coefficient (Wildman–Crippen LogP) is 1.25. The van der Waals surface area contributed by atoms with Crippen molar-refractivity contribution < 1.29 is 18.3 Å². The maximum absolute atomic E-state index is 12.0. The second-order valence-corrected chi connectivity index (χ2v) is 7.07. The Morgan fingerprint density at radius 1 is 1.16 bits per heavy atom. The summed E-state index contributed by atoms with van der Waals surface area (Å²) in [5.74, 6) is -1.21. The van der Waals surface area contributed by atoms with Crippen molar-refractivity contribution >= 4 is 21.7 Å². The summed E-state index contributed by atoms with van der Waals surface area (Å²) in [6, 6.07) is 11.9. The average molecular weight is 363 g/mol. The van der Waals surface area contributed by atoms with Gasteiger partial charge in [0, 0.05) is 25.2 Å². The van der Waals surface area contributed by atoms with Gasteiger partial charge in [-0.2, -0.15) is 0 Å². The van der Waals surface area contributed by atoms with E-state index in [9.17, 15) is 18.3 Å². The Morgan fingerprint density at radius 3 is 2.40 bits per heavy atom. The van der Waals surface area contributed by atoms with Crippen molar-refractivity contribution in [2.24, 2.45) is 5.14 Å². The number of carboxylic acids is 1. The fourth-order valence-corrected chi connectivity index (χ4v) is 3.30. The minimum absolute atomic E-state index is 0.132. The van der Waals surface area contributed by atoms with Crippen LogP contribution in [0.4, 0.5) is 5.69 Å². The molecule has 25 heavy (non-hydrogen) atoms. The maximum Gasteiger partial charge on any atom is 0.335 e. The fraction of sp³-hybridized carbons (Fsp3) is 0.235. The van der Waals surface area contributed by atoms with Gasteiger partial charge in [-0.1, -0.05) is 30.3 Å². The van der Waals surface area contributed by atoms with Crippen LogP contribution < -0.4 is 15.8 Å². The number of benzene rings is 2. The van der Waals surface area contributed by atoms with Gasteiger partial charge in [0.2, 0.25) is 10.0 Å². The third kappa shape index (κ3) is 5.02. The summed E-state index contributed by atoms with van der Waals surface area (Å²) >= 11 is 0. The first-order valence-corrected chi connectivity index (χ1v) is 9.23. The zero-order valence-electron chi connectivity index (χ0n) is 13.8. The van der Waals surface area contributed by atoms with Gasteiger partial charge < -0.3 is 15.7 Å². The van der Waals surface area contributed by atoms with E-state index in [0.717, 1.165) is 11.6 Å². The first-order valence-electron chi connectivity index (χ1n) is 7.68. The van der Waals surface area contributed by atoms with E-state index in [0.29, 0.717) is 30.8 Å². The van der Waals surface area contributed by atoms with Crippen LogP contribution in [-0.2, 0) is 16.4 Å². The van der Waals surface area contributed by atoms with Crippen LogP contribution in [0.15, 0.2) is 47.4 Å². The summed E-state index contributed by atoms with van der Waals surface area (Å²) < 4.78 is 24.1. The minimum atomic E-state index is -4.08. The molecule has 0 atom stereocenters. The molecule has 0 fully saturated rings. The topological polar surface area (TPSA) is 122 Å². The molecule has 2 aromatic carbocycles. The number of hydrogen-bond donors (Lipinski definition) is 4. The number of anilines is 1. The van der Waals surface area contributed by atoms with Gasteiger partial charge in [-0.05, 0) is 30.3 Å². The first kappa shape index (κ1) is 18.9. The number of nitrogens with one attached hydrogen (secondary N) is 2.